The predicted molar refractivity (Wildman–Crippen MR) is 72.0 cm³/mol. The van der Waals surface area contributed by atoms with E-state index in [0.717, 1.165) is 18.5 Å². The van der Waals surface area contributed by atoms with Crippen LogP contribution in [0.1, 0.15) is 36.2 Å². The summed E-state index contributed by atoms with van der Waals surface area (Å²) < 4.78 is 0. The second-order valence-corrected chi connectivity index (χ2v) is 4.79. The van der Waals surface area contributed by atoms with Crippen LogP contribution in [0.15, 0.2) is 18.2 Å². The Morgan fingerprint density at radius 3 is 2.71 bits per heavy atom. The van der Waals surface area contributed by atoms with Crippen LogP contribution in [0.5, 0.6) is 0 Å². The van der Waals surface area contributed by atoms with Crippen molar-refractivity contribution in [3.8, 4) is 0 Å². The van der Waals surface area contributed by atoms with E-state index in [9.17, 15) is 4.79 Å². The molecule has 0 bridgehead atoms. The number of aryl methyl sites for hydroxylation is 1. The van der Waals surface area contributed by atoms with Crippen molar-refractivity contribution in [2.45, 2.75) is 27.2 Å². The minimum absolute atomic E-state index is 0.00602. The van der Waals surface area contributed by atoms with Gasteiger partial charge in [0.15, 0.2) is 0 Å². The third-order valence-corrected chi connectivity index (χ3v) is 3.07. The molecule has 0 aliphatic rings. The first-order valence-electron chi connectivity index (χ1n) is 6.07. The van der Waals surface area contributed by atoms with Crippen LogP contribution in [-0.4, -0.2) is 24.4 Å². The number of carbonyl (C=O) groups is 1. The second kappa shape index (κ2) is 5.71. The Hall–Kier alpha value is -1.51. The molecular formula is C14H22N2O. The Balaban J connectivity index is 2.85. The van der Waals surface area contributed by atoms with Crippen LogP contribution in [0, 0.1) is 12.8 Å². The lowest BCUT2D eigenvalue weighted by Gasteiger charge is -2.21. The summed E-state index contributed by atoms with van der Waals surface area (Å²) in [4.78, 5) is 14.0. The molecule has 0 aromatic heterocycles. The van der Waals surface area contributed by atoms with Gasteiger partial charge in [-0.25, -0.2) is 0 Å². The lowest BCUT2D eigenvalue weighted by Crippen LogP contribution is -2.31. The van der Waals surface area contributed by atoms with Crippen LogP contribution < -0.4 is 5.73 Å². The fourth-order valence-electron chi connectivity index (χ4n) is 1.74. The Morgan fingerprint density at radius 2 is 2.12 bits per heavy atom. The van der Waals surface area contributed by atoms with Gasteiger partial charge in [0.25, 0.3) is 5.91 Å². The molecule has 1 unspecified atom stereocenters. The van der Waals surface area contributed by atoms with Crippen molar-refractivity contribution in [1.29, 1.82) is 0 Å². The predicted octanol–water partition coefficient (Wildman–Crippen LogP) is 2.70. The lowest BCUT2D eigenvalue weighted by atomic mass is 10.1. The molecule has 1 aromatic rings. The van der Waals surface area contributed by atoms with Crippen molar-refractivity contribution in [2.24, 2.45) is 5.92 Å². The van der Waals surface area contributed by atoms with Crippen molar-refractivity contribution in [1.82, 2.24) is 4.90 Å². The number of hydrogen-bond donors (Lipinski definition) is 1. The molecule has 0 aliphatic heterocycles. The van der Waals surface area contributed by atoms with Gasteiger partial charge in [0, 0.05) is 19.3 Å². The summed E-state index contributed by atoms with van der Waals surface area (Å²) in [6, 6.07) is 5.56. The highest BCUT2D eigenvalue weighted by Gasteiger charge is 2.16. The van der Waals surface area contributed by atoms with Crippen LogP contribution in [0.2, 0.25) is 0 Å². The van der Waals surface area contributed by atoms with Gasteiger partial charge in [-0.05, 0) is 25.0 Å². The molecule has 0 heterocycles. The standard InChI is InChI=1S/C14H22N2O/c1-5-10(2)9-16(4)14(17)12-8-11(3)6-7-13(12)15/h6-8,10H,5,9,15H2,1-4H3. The largest absolute Gasteiger partial charge is 0.398 e. The zero-order valence-electron chi connectivity index (χ0n) is 11.2. The van der Waals surface area contributed by atoms with Crippen molar-refractivity contribution in [3.05, 3.63) is 29.3 Å². The van der Waals surface area contributed by atoms with Crippen LogP contribution in [0.4, 0.5) is 5.69 Å². The molecule has 0 spiro atoms. The van der Waals surface area contributed by atoms with Gasteiger partial charge in [-0.2, -0.15) is 0 Å². The van der Waals surface area contributed by atoms with Gasteiger partial charge in [0.1, 0.15) is 0 Å². The monoisotopic (exact) mass is 234 g/mol. The molecule has 1 amide bonds. The highest BCUT2D eigenvalue weighted by atomic mass is 16.2. The topological polar surface area (TPSA) is 46.3 Å². The SMILES string of the molecule is CCC(C)CN(C)C(=O)c1cc(C)ccc1N. The van der Waals surface area contributed by atoms with Crippen molar-refractivity contribution < 1.29 is 4.79 Å². The Bertz CT molecular complexity index is 401. The van der Waals surface area contributed by atoms with Crippen LogP contribution >= 0.6 is 0 Å². The summed E-state index contributed by atoms with van der Waals surface area (Å²) in [7, 11) is 1.83. The smallest absolute Gasteiger partial charge is 0.255 e. The molecule has 0 aliphatic carbocycles. The minimum Gasteiger partial charge on any atom is -0.398 e. The van der Waals surface area contributed by atoms with E-state index in [1.807, 2.05) is 26.1 Å². The van der Waals surface area contributed by atoms with E-state index in [1.165, 1.54) is 0 Å². The first kappa shape index (κ1) is 13.6. The van der Waals surface area contributed by atoms with Gasteiger partial charge in [0.2, 0.25) is 0 Å². The molecule has 3 nitrogen and oxygen atoms in total. The number of amides is 1. The molecular weight excluding hydrogens is 212 g/mol. The molecule has 0 saturated carbocycles. The van der Waals surface area contributed by atoms with E-state index in [0.29, 0.717) is 17.2 Å². The number of hydrogen-bond acceptors (Lipinski definition) is 2. The Morgan fingerprint density at radius 1 is 1.47 bits per heavy atom. The van der Waals surface area contributed by atoms with Gasteiger partial charge in [-0.15, -0.1) is 0 Å². The summed E-state index contributed by atoms with van der Waals surface area (Å²) in [5.74, 6) is 0.515. The van der Waals surface area contributed by atoms with E-state index in [-0.39, 0.29) is 5.91 Å². The van der Waals surface area contributed by atoms with E-state index in [4.69, 9.17) is 5.73 Å². The van der Waals surface area contributed by atoms with Crippen molar-refractivity contribution >= 4 is 11.6 Å². The molecule has 17 heavy (non-hydrogen) atoms. The van der Waals surface area contributed by atoms with Gasteiger partial charge >= 0.3 is 0 Å². The fourth-order valence-corrected chi connectivity index (χ4v) is 1.74. The number of anilines is 1. The molecule has 0 saturated heterocycles. The molecule has 1 atom stereocenters. The minimum atomic E-state index is 0.00602. The number of rotatable bonds is 4. The van der Waals surface area contributed by atoms with Crippen molar-refractivity contribution in [2.75, 3.05) is 19.3 Å². The second-order valence-electron chi connectivity index (χ2n) is 4.79. The Labute approximate surface area is 104 Å². The summed E-state index contributed by atoms with van der Waals surface area (Å²) in [6.07, 6.45) is 1.07. The summed E-state index contributed by atoms with van der Waals surface area (Å²) in [6.45, 7) is 7.00. The fraction of sp³-hybridized carbons (Fsp3) is 0.500. The molecule has 1 rings (SSSR count). The Kier molecular flexibility index (Phi) is 4.55. The molecule has 3 heteroatoms. The third-order valence-electron chi connectivity index (χ3n) is 3.07. The van der Waals surface area contributed by atoms with Crippen LogP contribution in [0.3, 0.4) is 0 Å². The van der Waals surface area contributed by atoms with Gasteiger partial charge in [-0.1, -0.05) is 31.9 Å². The normalized spacial score (nSPS) is 12.2. The average Bonchev–Trinajstić information content (AvgIpc) is 2.31. The first-order chi connectivity index (χ1) is 7.95. The van der Waals surface area contributed by atoms with E-state index >= 15 is 0 Å². The average molecular weight is 234 g/mol. The summed E-state index contributed by atoms with van der Waals surface area (Å²) in [5, 5.41) is 0. The van der Waals surface area contributed by atoms with Gasteiger partial charge in [-0.3, -0.25) is 4.79 Å². The quantitative estimate of drug-likeness (QED) is 0.814. The highest BCUT2D eigenvalue weighted by Crippen LogP contribution is 2.16. The number of nitrogens with zero attached hydrogens (tertiary/aromatic N) is 1. The zero-order chi connectivity index (χ0) is 13.0. The number of nitrogens with two attached hydrogens (primary N) is 1. The zero-order valence-corrected chi connectivity index (χ0v) is 11.2. The van der Waals surface area contributed by atoms with E-state index in [2.05, 4.69) is 13.8 Å². The summed E-state index contributed by atoms with van der Waals surface area (Å²) in [5.41, 5.74) is 8.06. The summed E-state index contributed by atoms with van der Waals surface area (Å²) >= 11 is 0. The molecule has 1 aromatic carbocycles. The molecule has 94 valence electrons. The van der Waals surface area contributed by atoms with Crippen LogP contribution in [-0.2, 0) is 0 Å². The van der Waals surface area contributed by atoms with Crippen molar-refractivity contribution in [3.63, 3.8) is 0 Å². The van der Waals surface area contributed by atoms with E-state index in [1.54, 1.807) is 11.0 Å². The number of carbonyl (C=O) groups excluding carboxylic acids is 1. The van der Waals surface area contributed by atoms with Crippen LogP contribution in [0.25, 0.3) is 0 Å². The van der Waals surface area contributed by atoms with Gasteiger partial charge < -0.3 is 10.6 Å². The highest BCUT2D eigenvalue weighted by molar-refractivity contribution is 5.99. The first-order valence-corrected chi connectivity index (χ1v) is 6.07. The maximum absolute atomic E-state index is 12.2. The van der Waals surface area contributed by atoms with Gasteiger partial charge in [0.05, 0.1) is 5.56 Å². The number of nitrogen functional groups attached to an aromatic ring is 1. The molecule has 2 N–H and O–H groups in total. The number of benzene rings is 1. The molecule has 0 fully saturated rings. The van der Waals surface area contributed by atoms with E-state index < -0.39 is 0 Å². The maximum atomic E-state index is 12.2. The molecule has 0 radical (unpaired) electrons. The maximum Gasteiger partial charge on any atom is 0.255 e. The lowest BCUT2D eigenvalue weighted by molar-refractivity contribution is 0.0776. The third kappa shape index (κ3) is 3.48.